The zero-order valence-electron chi connectivity index (χ0n) is 9.78. The van der Waals surface area contributed by atoms with Gasteiger partial charge in [0, 0.05) is 11.3 Å². The molecule has 0 atom stereocenters. The summed E-state index contributed by atoms with van der Waals surface area (Å²) in [6, 6.07) is 9.58. The Kier molecular flexibility index (Phi) is 3.35. The highest BCUT2D eigenvalue weighted by molar-refractivity contribution is 8.03. The summed E-state index contributed by atoms with van der Waals surface area (Å²) in [6.45, 7) is 0. The van der Waals surface area contributed by atoms with E-state index in [-0.39, 0.29) is 5.78 Å². The number of Topliss-reactive ketones (excluding diaryl/α,β-unsaturated/α-hetero) is 1. The second-order valence-electron chi connectivity index (χ2n) is 3.97. The molecule has 0 spiro atoms. The summed E-state index contributed by atoms with van der Waals surface area (Å²) in [5.74, 6) is -0.0112. The number of hydrogen-bond donors (Lipinski definition) is 0. The molecule has 1 aliphatic carbocycles. The van der Waals surface area contributed by atoms with Gasteiger partial charge in [-0.05, 0) is 29.0 Å². The van der Waals surface area contributed by atoms with Crippen molar-refractivity contribution in [2.24, 2.45) is 0 Å². The first kappa shape index (κ1) is 12.4. The van der Waals surface area contributed by atoms with Gasteiger partial charge in [0.25, 0.3) is 0 Å². The average Bonchev–Trinajstić information content (AvgIpc) is 3.02. The number of aromatic nitrogens is 4. The number of nitrogens with zero attached hydrogens (tertiary/aromatic N) is 4. The van der Waals surface area contributed by atoms with E-state index in [1.54, 1.807) is 4.68 Å². The lowest BCUT2D eigenvalue weighted by molar-refractivity contribution is -0.114. The van der Waals surface area contributed by atoms with Crippen molar-refractivity contribution in [2.45, 2.75) is 18.0 Å². The van der Waals surface area contributed by atoms with Crippen molar-refractivity contribution in [2.75, 3.05) is 0 Å². The number of halogens is 1. The molecule has 1 aromatic carbocycles. The molecule has 0 aliphatic heterocycles. The minimum absolute atomic E-state index is 0.0112. The monoisotopic (exact) mass is 292 g/mol. The standard InChI is InChI=1S/C12H9ClN4OS/c13-11-9(18)6-7-10(11)19-12-14-15-16-17(12)8-4-2-1-3-5-8/h1-5H,6-7H2. The fraction of sp³-hybridized carbons (Fsp3) is 0.167. The maximum atomic E-state index is 11.4. The molecule has 1 aliphatic rings. The summed E-state index contributed by atoms with van der Waals surface area (Å²) in [5, 5.41) is 12.5. The maximum absolute atomic E-state index is 11.4. The van der Waals surface area contributed by atoms with Crippen molar-refractivity contribution in [1.82, 2.24) is 20.2 Å². The third-order valence-corrected chi connectivity index (χ3v) is 4.37. The summed E-state index contributed by atoms with van der Waals surface area (Å²) < 4.78 is 1.63. The third-order valence-electron chi connectivity index (χ3n) is 2.72. The van der Waals surface area contributed by atoms with Crippen molar-refractivity contribution in [1.29, 1.82) is 0 Å². The third kappa shape index (κ3) is 2.41. The van der Waals surface area contributed by atoms with E-state index in [2.05, 4.69) is 15.5 Å². The quantitative estimate of drug-likeness (QED) is 0.870. The van der Waals surface area contributed by atoms with Crippen LogP contribution in [0.5, 0.6) is 0 Å². The summed E-state index contributed by atoms with van der Waals surface area (Å²) in [4.78, 5) is 12.2. The molecular weight excluding hydrogens is 284 g/mol. The van der Waals surface area contributed by atoms with E-state index in [1.165, 1.54) is 11.8 Å². The molecule has 5 nitrogen and oxygen atoms in total. The van der Waals surface area contributed by atoms with Crippen molar-refractivity contribution in [3.05, 3.63) is 40.3 Å². The molecule has 0 fully saturated rings. The van der Waals surface area contributed by atoms with Crippen molar-refractivity contribution in [3.63, 3.8) is 0 Å². The Bertz CT molecular complexity index is 653. The molecular formula is C12H9ClN4OS. The van der Waals surface area contributed by atoms with Crippen LogP contribution in [0.25, 0.3) is 5.69 Å². The normalized spacial score (nSPS) is 15.3. The van der Waals surface area contributed by atoms with Gasteiger partial charge in [-0.25, -0.2) is 0 Å². The van der Waals surface area contributed by atoms with Gasteiger partial charge in [0.05, 0.1) is 10.7 Å². The minimum Gasteiger partial charge on any atom is -0.293 e. The van der Waals surface area contributed by atoms with E-state index in [0.29, 0.717) is 23.0 Å². The number of allylic oxidation sites excluding steroid dienone is 2. The fourth-order valence-electron chi connectivity index (χ4n) is 1.78. The zero-order chi connectivity index (χ0) is 13.2. The predicted molar refractivity (Wildman–Crippen MR) is 72.1 cm³/mol. The fourth-order valence-corrected chi connectivity index (χ4v) is 3.02. The van der Waals surface area contributed by atoms with Gasteiger partial charge >= 0.3 is 0 Å². The number of carbonyl (C=O) groups excluding carboxylic acids is 1. The second-order valence-corrected chi connectivity index (χ2v) is 5.41. The van der Waals surface area contributed by atoms with Crippen LogP contribution >= 0.6 is 23.4 Å². The van der Waals surface area contributed by atoms with E-state index in [4.69, 9.17) is 11.6 Å². The Balaban J connectivity index is 1.92. The summed E-state index contributed by atoms with van der Waals surface area (Å²) >= 11 is 7.32. The van der Waals surface area contributed by atoms with E-state index < -0.39 is 0 Å². The number of para-hydroxylation sites is 1. The van der Waals surface area contributed by atoms with Crippen LogP contribution in [-0.2, 0) is 4.79 Å². The zero-order valence-corrected chi connectivity index (χ0v) is 11.4. The molecule has 2 aromatic rings. The van der Waals surface area contributed by atoms with Crippen molar-refractivity contribution in [3.8, 4) is 5.69 Å². The van der Waals surface area contributed by atoms with Gasteiger partial charge in [-0.2, -0.15) is 4.68 Å². The Morgan fingerprint density at radius 1 is 1.21 bits per heavy atom. The largest absolute Gasteiger partial charge is 0.293 e. The number of tetrazole rings is 1. The molecule has 0 saturated heterocycles. The van der Waals surface area contributed by atoms with Gasteiger partial charge in [-0.15, -0.1) is 5.10 Å². The number of benzene rings is 1. The molecule has 19 heavy (non-hydrogen) atoms. The first-order chi connectivity index (χ1) is 9.25. The van der Waals surface area contributed by atoms with Gasteiger partial charge in [-0.1, -0.05) is 41.6 Å². The molecule has 1 heterocycles. The van der Waals surface area contributed by atoms with Gasteiger partial charge in [0.1, 0.15) is 0 Å². The van der Waals surface area contributed by atoms with Crippen LogP contribution < -0.4 is 0 Å². The molecule has 0 amide bonds. The lowest BCUT2D eigenvalue weighted by atomic mass is 10.3. The molecule has 0 radical (unpaired) electrons. The Morgan fingerprint density at radius 2 is 2.00 bits per heavy atom. The molecule has 1 aromatic heterocycles. The second kappa shape index (κ2) is 5.14. The predicted octanol–water partition coefficient (Wildman–Crippen LogP) is 2.57. The van der Waals surface area contributed by atoms with Crippen molar-refractivity contribution >= 4 is 29.1 Å². The molecule has 0 N–H and O–H groups in total. The van der Waals surface area contributed by atoms with Gasteiger partial charge in [-0.3, -0.25) is 4.79 Å². The van der Waals surface area contributed by atoms with Crippen LogP contribution in [0.1, 0.15) is 12.8 Å². The van der Waals surface area contributed by atoms with E-state index in [0.717, 1.165) is 10.6 Å². The lowest BCUT2D eigenvalue weighted by Crippen LogP contribution is -1.98. The average molecular weight is 293 g/mol. The van der Waals surface area contributed by atoms with Crippen LogP contribution in [-0.4, -0.2) is 26.0 Å². The first-order valence-corrected chi connectivity index (χ1v) is 6.88. The minimum atomic E-state index is -0.0112. The SMILES string of the molecule is O=C1CCC(Sc2nnnn2-c2ccccc2)=C1Cl. The maximum Gasteiger partial charge on any atom is 0.218 e. The molecule has 0 saturated carbocycles. The highest BCUT2D eigenvalue weighted by Crippen LogP contribution is 2.38. The molecule has 7 heteroatoms. The number of hydrogen-bond acceptors (Lipinski definition) is 5. The smallest absolute Gasteiger partial charge is 0.218 e. The summed E-state index contributed by atoms with van der Waals surface area (Å²) in [6.07, 6.45) is 1.12. The van der Waals surface area contributed by atoms with Crippen LogP contribution in [0.4, 0.5) is 0 Å². The summed E-state index contributed by atoms with van der Waals surface area (Å²) in [7, 11) is 0. The molecule has 96 valence electrons. The lowest BCUT2D eigenvalue weighted by Gasteiger charge is -2.04. The number of rotatable bonds is 3. The van der Waals surface area contributed by atoms with Crippen LogP contribution in [0.2, 0.25) is 0 Å². The molecule has 0 bridgehead atoms. The van der Waals surface area contributed by atoms with Crippen LogP contribution in [0.15, 0.2) is 45.4 Å². The Morgan fingerprint density at radius 3 is 2.68 bits per heavy atom. The summed E-state index contributed by atoms with van der Waals surface area (Å²) in [5.41, 5.74) is 0.871. The van der Waals surface area contributed by atoms with Crippen molar-refractivity contribution < 1.29 is 4.79 Å². The van der Waals surface area contributed by atoms with Gasteiger partial charge in [0.15, 0.2) is 5.78 Å². The number of carbonyl (C=O) groups is 1. The van der Waals surface area contributed by atoms with E-state index in [1.807, 2.05) is 30.3 Å². The Labute approximate surface area is 118 Å². The highest BCUT2D eigenvalue weighted by Gasteiger charge is 2.24. The van der Waals surface area contributed by atoms with Gasteiger partial charge < -0.3 is 0 Å². The van der Waals surface area contributed by atoms with E-state index >= 15 is 0 Å². The van der Waals surface area contributed by atoms with Crippen LogP contribution in [0.3, 0.4) is 0 Å². The molecule has 0 unspecified atom stereocenters. The molecule has 3 rings (SSSR count). The number of ketones is 1. The first-order valence-electron chi connectivity index (χ1n) is 5.69. The number of thioether (sulfide) groups is 1. The Hall–Kier alpha value is -1.66. The topological polar surface area (TPSA) is 60.7 Å². The highest BCUT2D eigenvalue weighted by atomic mass is 35.5. The van der Waals surface area contributed by atoms with Crippen LogP contribution in [0, 0.1) is 0 Å². The van der Waals surface area contributed by atoms with E-state index in [9.17, 15) is 4.79 Å². The van der Waals surface area contributed by atoms with Gasteiger partial charge in [0.2, 0.25) is 5.16 Å².